The molecule has 0 aromatic carbocycles. The Hall–Kier alpha value is -2.15. The Morgan fingerprint density at radius 2 is 2.24 bits per heavy atom. The Morgan fingerprint density at radius 1 is 1.43 bits per heavy atom. The van der Waals surface area contributed by atoms with Gasteiger partial charge in [0.05, 0.1) is 12.3 Å². The van der Waals surface area contributed by atoms with Crippen LogP contribution in [0.15, 0.2) is 6.07 Å². The minimum absolute atomic E-state index is 0.00248. The number of nitrogens with one attached hydrogen (secondary N) is 3. The molecule has 0 radical (unpaired) electrons. The van der Waals surface area contributed by atoms with Gasteiger partial charge in [-0.3, -0.25) is 9.89 Å². The number of aromatic nitrogens is 4. The first-order valence-electron chi connectivity index (χ1n) is 6.89. The fourth-order valence-electron chi connectivity index (χ4n) is 2.50. The van der Waals surface area contributed by atoms with E-state index in [1.165, 1.54) is 0 Å². The molecule has 3 rings (SSSR count). The zero-order valence-electron chi connectivity index (χ0n) is 12.4. The number of amides is 1. The molecule has 21 heavy (non-hydrogen) atoms. The average molecular weight is 289 g/mol. The van der Waals surface area contributed by atoms with E-state index in [1.807, 2.05) is 6.07 Å². The smallest absolute Gasteiger partial charge is 0.271 e. The molecule has 0 fully saturated rings. The van der Waals surface area contributed by atoms with Gasteiger partial charge in [-0.05, 0) is 17.9 Å². The van der Waals surface area contributed by atoms with Gasteiger partial charge >= 0.3 is 0 Å². The number of H-pyrrole nitrogens is 2. The maximum absolute atomic E-state index is 12.1. The lowest BCUT2D eigenvalue weighted by Crippen LogP contribution is -2.32. The molecule has 3 heterocycles. The van der Waals surface area contributed by atoms with Gasteiger partial charge < -0.3 is 15.0 Å². The second-order valence-electron chi connectivity index (χ2n) is 6.15. The molecule has 0 bridgehead atoms. The lowest BCUT2D eigenvalue weighted by molar-refractivity contribution is 0.0940. The monoisotopic (exact) mass is 289 g/mol. The summed E-state index contributed by atoms with van der Waals surface area (Å²) in [6.45, 7) is 5.34. The quantitative estimate of drug-likeness (QED) is 0.792. The van der Waals surface area contributed by atoms with E-state index in [1.54, 1.807) is 7.11 Å². The van der Waals surface area contributed by atoms with Crippen LogP contribution in [0, 0.1) is 5.41 Å². The topological polar surface area (TPSA) is 95.7 Å². The van der Waals surface area contributed by atoms with E-state index < -0.39 is 0 Å². The van der Waals surface area contributed by atoms with E-state index in [4.69, 9.17) is 4.74 Å². The molecule has 2 aromatic heterocycles. The van der Waals surface area contributed by atoms with Crippen LogP contribution in [-0.2, 0) is 17.8 Å². The third kappa shape index (κ3) is 2.69. The molecular formula is C14H19N5O2. The van der Waals surface area contributed by atoms with Crippen LogP contribution in [0.3, 0.4) is 0 Å². The number of nitrogens with zero attached hydrogens (tertiary/aromatic N) is 2. The number of aromatic amines is 2. The fraction of sp³-hybridized carbons (Fsp3) is 0.500. The summed E-state index contributed by atoms with van der Waals surface area (Å²) < 4.78 is 5.05. The minimum atomic E-state index is -0.134. The SMILES string of the molecule is COCc1cc(-c2nc3c([nH]2)CC(C)(C)CNC3=O)n[nH]1. The zero-order chi connectivity index (χ0) is 15.0. The van der Waals surface area contributed by atoms with Crippen LogP contribution in [0.25, 0.3) is 11.5 Å². The van der Waals surface area contributed by atoms with Gasteiger partial charge in [-0.1, -0.05) is 13.8 Å². The highest BCUT2D eigenvalue weighted by atomic mass is 16.5. The number of hydrogen-bond donors (Lipinski definition) is 3. The second kappa shape index (κ2) is 5.00. The number of carbonyl (C=O) groups excluding carboxylic acids is 1. The van der Waals surface area contributed by atoms with Crippen molar-refractivity contribution in [3.05, 3.63) is 23.1 Å². The first-order valence-corrected chi connectivity index (χ1v) is 6.89. The van der Waals surface area contributed by atoms with Crippen molar-refractivity contribution in [1.82, 2.24) is 25.5 Å². The Balaban J connectivity index is 1.95. The molecule has 7 heteroatoms. The number of ether oxygens (including phenoxy) is 1. The average Bonchev–Trinajstić information content (AvgIpc) is 3.01. The lowest BCUT2D eigenvalue weighted by atomic mass is 9.88. The molecule has 0 atom stereocenters. The largest absolute Gasteiger partial charge is 0.378 e. The number of imidazole rings is 1. The lowest BCUT2D eigenvalue weighted by Gasteiger charge is -2.21. The summed E-state index contributed by atoms with van der Waals surface area (Å²) in [7, 11) is 1.63. The van der Waals surface area contributed by atoms with Crippen molar-refractivity contribution in [2.45, 2.75) is 26.9 Å². The van der Waals surface area contributed by atoms with Crippen molar-refractivity contribution in [1.29, 1.82) is 0 Å². The van der Waals surface area contributed by atoms with Gasteiger partial charge in [-0.15, -0.1) is 0 Å². The van der Waals surface area contributed by atoms with Crippen molar-refractivity contribution in [3.8, 4) is 11.5 Å². The molecule has 0 saturated heterocycles. The third-order valence-corrected chi connectivity index (χ3v) is 3.55. The Labute approximate surface area is 122 Å². The van der Waals surface area contributed by atoms with Gasteiger partial charge in [0.15, 0.2) is 5.82 Å². The van der Waals surface area contributed by atoms with E-state index in [-0.39, 0.29) is 11.3 Å². The summed E-state index contributed by atoms with van der Waals surface area (Å²) in [6.07, 6.45) is 0.767. The van der Waals surface area contributed by atoms with Gasteiger partial charge in [0.25, 0.3) is 5.91 Å². The maximum atomic E-state index is 12.1. The summed E-state index contributed by atoms with van der Waals surface area (Å²) >= 11 is 0. The van der Waals surface area contributed by atoms with E-state index in [0.717, 1.165) is 17.8 Å². The van der Waals surface area contributed by atoms with Gasteiger partial charge in [0.2, 0.25) is 0 Å². The first kappa shape index (κ1) is 13.8. The van der Waals surface area contributed by atoms with Crippen LogP contribution >= 0.6 is 0 Å². The standard InChI is InChI=1S/C14H19N5O2/c1-14(2)5-10-11(13(20)15-7-14)17-12(16-10)9-4-8(6-21-3)18-19-9/h4H,5-7H2,1-3H3,(H,15,20)(H,16,17)(H,18,19). The van der Waals surface area contributed by atoms with Gasteiger partial charge in [-0.2, -0.15) is 5.10 Å². The molecule has 2 aromatic rings. The van der Waals surface area contributed by atoms with E-state index in [9.17, 15) is 4.79 Å². The minimum Gasteiger partial charge on any atom is -0.378 e. The Bertz CT molecular complexity index is 671. The van der Waals surface area contributed by atoms with Crippen molar-refractivity contribution < 1.29 is 9.53 Å². The molecule has 7 nitrogen and oxygen atoms in total. The number of rotatable bonds is 3. The van der Waals surface area contributed by atoms with Crippen LogP contribution in [0.1, 0.15) is 35.7 Å². The summed E-state index contributed by atoms with van der Waals surface area (Å²) in [4.78, 5) is 19.8. The Kier molecular flexibility index (Phi) is 3.29. The molecule has 112 valence electrons. The molecule has 0 unspecified atom stereocenters. The number of hydrogen-bond acceptors (Lipinski definition) is 4. The van der Waals surface area contributed by atoms with Crippen molar-refractivity contribution in [2.75, 3.05) is 13.7 Å². The fourth-order valence-corrected chi connectivity index (χ4v) is 2.50. The van der Waals surface area contributed by atoms with E-state index in [2.05, 4.69) is 39.3 Å². The zero-order valence-corrected chi connectivity index (χ0v) is 12.4. The van der Waals surface area contributed by atoms with E-state index in [0.29, 0.717) is 30.4 Å². The predicted octanol–water partition coefficient (Wildman–Crippen LogP) is 1.26. The normalized spacial score (nSPS) is 17.2. The van der Waals surface area contributed by atoms with Gasteiger partial charge in [0, 0.05) is 19.3 Å². The van der Waals surface area contributed by atoms with Crippen molar-refractivity contribution >= 4 is 5.91 Å². The highest BCUT2D eigenvalue weighted by Crippen LogP contribution is 2.27. The summed E-state index contributed by atoms with van der Waals surface area (Å²) in [5.74, 6) is 0.470. The van der Waals surface area contributed by atoms with Crippen molar-refractivity contribution in [3.63, 3.8) is 0 Å². The first-order chi connectivity index (χ1) is 9.98. The molecule has 0 aliphatic carbocycles. The number of carbonyl (C=O) groups is 1. The van der Waals surface area contributed by atoms with Crippen LogP contribution in [0.2, 0.25) is 0 Å². The molecule has 3 N–H and O–H groups in total. The molecular weight excluding hydrogens is 270 g/mol. The number of methoxy groups -OCH3 is 1. The maximum Gasteiger partial charge on any atom is 0.271 e. The van der Waals surface area contributed by atoms with Crippen LogP contribution < -0.4 is 5.32 Å². The molecule has 1 aliphatic heterocycles. The highest BCUT2D eigenvalue weighted by Gasteiger charge is 2.30. The molecule has 0 spiro atoms. The third-order valence-electron chi connectivity index (χ3n) is 3.55. The summed E-state index contributed by atoms with van der Waals surface area (Å²) in [5, 5.41) is 10.0. The van der Waals surface area contributed by atoms with Crippen LogP contribution in [0.5, 0.6) is 0 Å². The predicted molar refractivity (Wildman–Crippen MR) is 76.7 cm³/mol. The molecule has 0 saturated carbocycles. The van der Waals surface area contributed by atoms with E-state index >= 15 is 0 Å². The number of fused-ring (bicyclic) bond motifs is 1. The Morgan fingerprint density at radius 3 is 3.00 bits per heavy atom. The second-order valence-corrected chi connectivity index (χ2v) is 6.15. The highest BCUT2D eigenvalue weighted by molar-refractivity contribution is 5.94. The van der Waals surface area contributed by atoms with Gasteiger partial charge in [-0.25, -0.2) is 4.98 Å². The molecule has 1 amide bonds. The molecule has 1 aliphatic rings. The van der Waals surface area contributed by atoms with Crippen LogP contribution in [0.4, 0.5) is 0 Å². The summed E-state index contributed by atoms with van der Waals surface area (Å²) in [6, 6.07) is 1.87. The summed E-state index contributed by atoms with van der Waals surface area (Å²) in [5.41, 5.74) is 2.87. The van der Waals surface area contributed by atoms with Crippen molar-refractivity contribution in [2.24, 2.45) is 5.41 Å². The van der Waals surface area contributed by atoms with Gasteiger partial charge in [0.1, 0.15) is 11.4 Å². The van der Waals surface area contributed by atoms with Crippen LogP contribution in [-0.4, -0.2) is 39.7 Å².